The number of rotatable bonds is 5. The Bertz CT molecular complexity index is 904. The van der Waals surface area contributed by atoms with Crippen LogP contribution in [0.3, 0.4) is 0 Å². The van der Waals surface area contributed by atoms with E-state index in [4.69, 9.17) is 4.99 Å². The van der Waals surface area contributed by atoms with Gasteiger partial charge in [0.1, 0.15) is 5.82 Å². The molecule has 4 rings (SSSR count). The highest BCUT2D eigenvalue weighted by Crippen LogP contribution is 2.19. The summed E-state index contributed by atoms with van der Waals surface area (Å²) in [6.07, 6.45) is 0.890. The van der Waals surface area contributed by atoms with Crippen molar-refractivity contribution in [3.63, 3.8) is 0 Å². The molecule has 3 heterocycles. The fourth-order valence-corrected chi connectivity index (χ4v) is 4.23. The monoisotopic (exact) mass is 397 g/mol. The number of piperazine rings is 1. The van der Waals surface area contributed by atoms with Gasteiger partial charge in [0.15, 0.2) is 5.96 Å². The molecule has 0 saturated carbocycles. The molecule has 0 amide bonds. The molecule has 8 heteroatoms. The highest BCUT2D eigenvalue weighted by Gasteiger charge is 2.22. The lowest BCUT2D eigenvalue weighted by atomic mass is 10.2. The van der Waals surface area contributed by atoms with E-state index in [1.165, 1.54) is 16.9 Å². The topological polar surface area (TPSA) is 72.4 Å². The fourth-order valence-electron chi connectivity index (χ4n) is 3.43. The molecule has 148 valence electrons. The molecule has 7 nitrogen and oxygen atoms in total. The van der Waals surface area contributed by atoms with E-state index >= 15 is 0 Å². The quantitative estimate of drug-likeness (QED) is 0.512. The molecule has 0 radical (unpaired) electrons. The number of hydrogen-bond acceptors (Lipinski definition) is 5. The number of aromatic nitrogens is 3. The Balaban J connectivity index is 1.40. The van der Waals surface area contributed by atoms with Crippen molar-refractivity contribution < 1.29 is 0 Å². The van der Waals surface area contributed by atoms with Gasteiger partial charge in [0.2, 0.25) is 5.13 Å². The van der Waals surface area contributed by atoms with Crippen LogP contribution in [0.15, 0.2) is 35.3 Å². The summed E-state index contributed by atoms with van der Waals surface area (Å²) in [4.78, 5) is 17.6. The number of aryl methyl sites for hydroxylation is 1. The number of hydrogen-bond donors (Lipinski definition) is 2. The Hall–Kier alpha value is -2.61. The maximum absolute atomic E-state index is 4.87. The number of fused-ring (bicyclic) bond motifs is 1. The molecule has 1 aromatic carbocycles. The Morgan fingerprint density at radius 2 is 2.04 bits per heavy atom. The minimum Gasteiger partial charge on any atom is -0.357 e. The second-order valence-electron chi connectivity index (χ2n) is 6.87. The van der Waals surface area contributed by atoms with Gasteiger partial charge in [0.05, 0.1) is 6.54 Å². The van der Waals surface area contributed by atoms with E-state index in [2.05, 4.69) is 73.6 Å². The van der Waals surface area contributed by atoms with Crippen molar-refractivity contribution in [2.24, 2.45) is 4.99 Å². The number of guanidine groups is 1. The van der Waals surface area contributed by atoms with E-state index in [0.717, 1.165) is 67.3 Å². The maximum Gasteiger partial charge on any atom is 0.205 e. The Morgan fingerprint density at radius 3 is 2.75 bits per heavy atom. The molecule has 0 spiro atoms. The Kier molecular flexibility index (Phi) is 5.76. The minimum atomic E-state index is 0.646. The SMILES string of the molecule is CCNC(=NCc1cc2ccccc2[nH]1)N1CCN(c2nc(CC)ns2)CC1. The molecule has 0 unspecified atom stereocenters. The molecule has 0 bridgehead atoms. The molecule has 1 aliphatic heterocycles. The number of aromatic amines is 1. The zero-order valence-electron chi connectivity index (χ0n) is 16.5. The van der Waals surface area contributed by atoms with Gasteiger partial charge >= 0.3 is 0 Å². The van der Waals surface area contributed by atoms with Gasteiger partial charge in [-0.1, -0.05) is 25.1 Å². The normalized spacial score (nSPS) is 15.4. The largest absolute Gasteiger partial charge is 0.357 e. The van der Waals surface area contributed by atoms with Crippen LogP contribution in [0, 0.1) is 0 Å². The maximum atomic E-state index is 4.87. The lowest BCUT2D eigenvalue weighted by Crippen LogP contribution is -2.52. The summed E-state index contributed by atoms with van der Waals surface area (Å²) in [5, 5.41) is 5.71. The first kappa shape index (κ1) is 18.7. The van der Waals surface area contributed by atoms with Crippen LogP contribution in [-0.2, 0) is 13.0 Å². The smallest absolute Gasteiger partial charge is 0.205 e. The fraction of sp³-hybridized carbons (Fsp3) is 0.450. The summed E-state index contributed by atoms with van der Waals surface area (Å²) in [5.74, 6) is 1.92. The number of aliphatic imine (C=N–C) groups is 1. The van der Waals surface area contributed by atoms with Gasteiger partial charge in [-0.2, -0.15) is 4.37 Å². The first-order chi connectivity index (χ1) is 13.8. The lowest BCUT2D eigenvalue weighted by Gasteiger charge is -2.36. The third-order valence-electron chi connectivity index (χ3n) is 4.94. The average Bonchev–Trinajstić information content (AvgIpc) is 3.38. The zero-order valence-corrected chi connectivity index (χ0v) is 17.3. The van der Waals surface area contributed by atoms with Crippen molar-refractivity contribution in [3.05, 3.63) is 41.9 Å². The van der Waals surface area contributed by atoms with Crippen LogP contribution >= 0.6 is 11.5 Å². The number of nitrogens with zero attached hydrogens (tertiary/aromatic N) is 5. The van der Waals surface area contributed by atoms with Crippen molar-refractivity contribution in [3.8, 4) is 0 Å². The van der Waals surface area contributed by atoms with Gasteiger partial charge in [0.25, 0.3) is 0 Å². The summed E-state index contributed by atoms with van der Waals surface area (Å²) in [5.41, 5.74) is 2.30. The second-order valence-corrected chi connectivity index (χ2v) is 7.60. The number of anilines is 1. The average molecular weight is 398 g/mol. The molecule has 28 heavy (non-hydrogen) atoms. The lowest BCUT2D eigenvalue weighted by molar-refractivity contribution is 0.372. The Labute approximate surface area is 169 Å². The van der Waals surface area contributed by atoms with Crippen LogP contribution in [0.4, 0.5) is 5.13 Å². The third-order valence-corrected chi connectivity index (χ3v) is 5.76. The summed E-state index contributed by atoms with van der Waals surface area (Å²) < 4.78 is 4.41. The number of nitrogens with one attached hydrogen (secondary N) is 2. The van der Waals surface area contributed by atoms with E-state index in [9.17, 15) is 0 Å². The third kappa shape index (κ3) is 4.11. The van der Waals surface area contributed by atoms with Gasteiger partial charge in [-0.3, -0.25) is 0 Å². The highest BCUT2D eigenvalue weighted by atomic mass is 32.1. The molecule has 1 aliphatic rings. The molecule has 1 saturated heterocycles. The van der Waals surface area contributed by atoms with Gasteiger partial charge in [-0.05, 0) is 24.4 Å². The van der Waals surface area contributed by atoms with E-state index < -0.39 is 0 Å². The molecule has 1 fully saturated rings. The first-order valence-corrected chi connectivity index (χ1v) is 10.7. The predicted octanol–water partition coefficient (Wildman–Crippen LogP) is 2.87. The van der Waals surface area contributed by atoms with Crippen molar-refractivity contribution >= 4 is 33.5 Å². The van der Waals surface area contributed by atoms with Crippen molar-refractivity contribution in [1.29, 1.82) is 0 Å². The summed E-state index contributed by atoms with van der Waals surface area (Å²) in [7, 11) is 0. The van der Waals surface area contributed by atoms with Crippen molar-refractivity contribution in [1.82, 2.24) is 24.6 Å². The summed E-state index contributed by atoms with van der Waals surface area (Å²) in [6, 6.07) is 10.5. The van der Waals surface area contributed by atoms with Gasteiger partial charge in [0, 0.05) is 61.9 Å². The van der Waals surface area contributed by atoms with Crippen LogP contribution in [0.5, 0.6) is 0 Å². The zero-order chi connectivity index (χ0) is 19.3. The van der Waals surface area contributed by atoms with Crippen LogP contribution in [-0.4, -0.2) is 57.9 Å². The summed E-state index contributed by atoms with van der Waals surface area (Å²) in [6.45, 7) is 9.46. The van der Waals surface area contributed by atoms with Gasteiger partial charge in [-0.15, -0.1) is 0 Å². The molecular formula is C20H27N7S. The van der Waals surface area contributed by atoms with E-state index in [-0.39, 0.29) is 0 Å². The van der Waals surface area contributed by atoms with Crippen molar-refractivity contribution in [2.45, 2.75) is 26.8 Å². The van der Waals surface area contributed by atoms with Crippen molar-refractivity contribution in [2.75, 3.05) is 37.6 Å². The van der Waals surface area contributed by atoms with Crippen LogP contribution in [0.2, 0.25) is 0 Å². The number of H-pyrrole nitrogens is 1. The summed E-state index contributed by atoms with van der Waals surface area (Å²) >= 11 is 1.51. The Morgan fingerprint density at radius 1 is 1.21 bits per heavy atom. The molecule has 3 aromatic rings. The first-order valence-electron chi connectivity index (χ1n) is 9.94. The molecular weight excluding hydrogens is 370 g/mol. The van der Waals surface area contributed by atoms with E-state index in [1.807, 2.05) is 0 Å². The standard InChI is InChI=1S/C20H27N7S/c1-3-18-24-20(28-25-18)27-11-9-26(10-12-27)19(21-4-2)22-14-16-13-15-7-5-6-8-17(15)23-16/h5-8,13,23H,3-4,9-12,14H2,1-2H3,(H,21,22). The second kappa shape index (κ2) is 8.60. The number of benzene rings is 1. The molecule has 2 aromatic heterocycles. The van der Waals surface area contributed by atoms with Gasteiger partial charge < -0.3 is 20.1 Å². The molecule has 0 aliphatic carbocycles. The van der Waals surface area contributed by atoms with E-state index in [0.29, 0.717) is 6.54 Å². The molecule has 2 N–H and O–H groups in total. The van der Waals surface area contributed by atoms with Gasteiger partial charge in [-0.25, -0.2) is 9.98 Å². The van der Waals surface area contributed by atoms with Crippen LogP contribution < -0.4 is 10.2 Å². The number of para-hydroxylation sites is 1. The van der Waals surface area contributed by atoms with Crippen LogP contribution in [0.1, 0.15) is 25.4 Å². The van der Waals surface area contributed by atoms with Crippen LogP contribution in [0.25, 0.3) is 10.9 Å². The van der Waals surface area contributed by atoms with E-state index in [1.54, 1.807) is 0 Å². The predicted molar refractivity (Wildman–Crippen MR) is 116 cm³/mol. The highest BCUT2D eigenvalue weighted by molar-refractivity contribution is 7.09. The molecule has 0 atom stereocenters. The minimum absolute atomic E-state index is 0.646.